The molecule has 0 radical (unpaired) electrons. The highest BCUT2D eigenvalue weighted by molar-refractivity contribution is 5.68. The Morgan fingerprint density at radius 1 is 1.07 bits per heavy atom. The second-order valence-electron chi connectivity index (χ2n) is 2.48. The van der Waals surface area contributed by atoms with Crippen LogP contribution in [0.4, 0.5) is 0 Å². The van der Waals surface area contributed by atoms with Gasteiger partial charge >= 0.3 is 0 Å². The molecule has 5 heteroatoms. The van der Waals surface area contributed by atoms with Crippen LogP contribution in [0.1, 0.15) is 0 Å². The SMILES string of the molecule is c1cc[nH]c1.c1nc2cnncc2o1. The maximum atomic E-state index is 4.90. The van der Waals surface area contributed by atoms with Crippen LogP contribution in [-0.2, 0) is 0 Å². The van der Waals surface area contributed by atoms with Gasteiger partial charge in [-0.2, -0.15) is 10.2 Å². The summed E-state index contributed by atoms with van der Waals surface area (Å²) in [5.41, 5.74) is 1.41. The van der Waals surface area contributed by atoms with Crippen molar-refractivity contribution in [2.24, 2.45) is 0 Å². The van der Waals surface area contributed by atoms with Crippen molar-refractivity contribution in [1.82, 2.24) is 20.2 Å². The Morgan fingerprint density at radius 2 is 1.86 bits per heavy atom. The highest BCUT2D eigenvalue weighted by Gasteiger charge is 1.93. The minimum absolute atomic E-state index is 0.671. The van der Waals surface area contributed by atoms with Crippen molar-refractivity contribution in [3.63, 3.8) is 0 Å². The number of nitrogens with one attached hydrogen (secondary N) is 1. The molecule has 5 nitrogen and oxygen atoms in total. The van der Waals surface area contributed by atoms with Gasteiger partial charge in [-0.05, 0) is 12.1 Å². The molecule has 0 spiro atoms. The summed E-state index contributed by atoms with van der Waals surface area (Å²) in [6.07, 6.45) is 8.20. The number of H-pyrrole nitrogens is 1. The van der Waals surface area contributed by atoms with Crippen molar-refractivity contribution >= 4 is 11.1 Å². The largest absolute Gasteiger partial charge is 0.442 e. The van der Waals surface area contributed by atoms with Crippen LogP contribution < -0.4 is 0 Å². The molecule has 0 saturated carbocycles. The van der Waals surface area contributed by atoms with E-state index in [-0.39, 0.29) is 0 Å². The third-order valence-electron chi connectivity index (χ3n) is 1.54. The Balaban J connectivity index is 0.000000128. The maximum Gasteiger partial charge on any atom is 0.182 e. The molecule has 0 saturated heterocycles. The molecule has 14 heavy (non-hydrogen) atoms. The normalized spacial score (nSPS) is 9.43. The van der Waals surface area contributed by atoms with Crippen molar-refractivity contribution < 1.29 is 4.42 Å². The van der Waals surface area contributed by atoms with E-state index < -0.39 is 0 Å². The van der Waals surface area contributed by atoms with Crippen LogP contribution >= 0.6 is 0 Å². The third-order valence-corrected chi connectivity index (χ3v) is 1.54. The van der Waals surface area contributed by atoms with E-state index >= 15 is 0 Å². The lowest BCUT2D eigenvalue weighted by Crippen LogP contribution is -1.75. The fourth-order valence-electron chi connectivity index (χ4n) is 0.909. The summed E-state index contributed by atoms with van der Waals surface area (Å²) in [7, 11) is 0. The van der Waals surface area contributed by atoms with Gasteiger partial charge in [-0.3, -0.25) is 0 Å². The lowest BCUT2D eigenvalue weighted by molar-refractivity contribution is 0.600. The number of oxazole rings is 1. The average Bonchev–Trinajstić information content (AvgIpc) is 2.92. The fraction of sp³-hybridized carbons (Fsp3) is 0. The van der Waals surface area contributed by atoms with E-state index in [1.807, 2.05) is 24.5 Å². The zero-order valence-electron chi connectivity index (χ0n) is 7.29. The number of hydrogen-bond acceptors (Lipinski definition) is 4. The van der Waals surface area contributed by atoms with E-state index in [2.05, 4.69) is 20.2 Å². The summed E-state index contributed by atoms with van der Waals surface area (Å²) in [6.45, 7) is 0. The average molecular weight is 188 g/mol. The van der Waals surface area contributed by atoms with E-state index in [0.717, 1.165) is 5.52 Å². The van der Waals surface area contributed by atoms with E-state index in [1.54, 1.807) is 6.20 Å². The Kier molecular flexibility index (Phi) is 2.51. The molecule has 0 amide bonds. The van der Waals surface area contributed by atoms with Gasteiger partial charge in [0, 0.05) is 12.4 Å². The quantitative estimate of drug-likeness (QED) is 0.582. The molecule has 0 aromatic carbocycles. The number of fused-ring (bicyclic) bond motifs is 1. The van der Waals surface area contributed by atoms with Crippen LogP contribution in [0.2, 0.25) is 0 Å². The number of rotatable bonds is 0. The minimum atomic E-state index is 0.671. The van der Waals surface area contributed by atoms with E-state index in [4.69, 9.17) is 4.42 Å². The lowest BCUT2D eigenvalue weighted by atomic mass is 10.5. The molecule has 3 aromatic rings. The van der Waals surface area contributed by atoms with Crippen molar-refractivity contribution in [2.45, 2.75) is 0 Å². The van der Waals surface area contributed by atoms with E-state index in [9.17, 15) is 0 Å². The Morgan fingerprint density at radius 3 is 2.50 bits per heavy atom. The second kappa shape index (κ2) is 4.18. The first-order valence-electron chi connectivity index (χ1n) is 4.04. The third kappa shape index (κ3) is 1.95. The molecule has 0 bridgehead atoms. The number of hydrogen-bond donors (Lipinski definition) is 1. The summed E-state index contributed by atoms with van der Waals surface area (Å²) < 4.78 is 4.90. The molecule has 0 unspecified atom stereocenters. The highest BCUT2D eigenvalue weighted by Crippen LogP contribution is 2.05. The first-order valence-corrected chi connectivity index (χ1v) is 4.04. The molecular formula is C9H8N4O. The summed E-state index contributed by atoms with van der Waals surface area (Å²) in [6, 6.07) is 3.89. The molecule has 1 N–H and O–H groups in total. The van der Waals surface area contributed by atoms with Gasteiger partial charge in [0.25, 0.3) is 0 Å². The second-order valence-corrected chi connectivity index (χ2v) is 2.48. The molecule has 0 aliphatic rings. The van der Waals surface area contributed by atoms with Gasteiger partial charge in [-0.1, -0.05) is 0 Å². The van der Waals surface area contributed by atoms with Gasteiger partial charge in [0.15, 0.2) is 12.0 Å². The Hall–Kier alpha value is -2.17. The van der Waals surface area contributed by atoms with Crippen LogP contribution in [-0.4, -0.2) is 20.2 Å². The Labute approximate surface area is 79.8 Å². The zero-order chi connectivity index (χ0) is 9.64. The topological polar surface area (TPSA) is 67.6 Å². The lowest BCUT2D eigenvalue weighted by Gasteiger charge is -1.77. The molecule has 3 rings (SSSR count). The summed E-state index contributed by atoms with van der Waals surface area (Å²) in [5, 5.41) is 7.21. The smallest absolute Gasteiger partial charge is 0.182 e. The predicted octanol–water partition coefficient (Wildman–Crippen LogP) is 1.63. The minimum Gasteiger partial charge on any atom is -0.442 e. The van der Waals surface area contributed by atoms with Gasteiger partial charge in [-0.15, -0.1) is 0 Å². The highest BCUT2D eigenvalue weighted by atomic mass is 16.3. The number of aromatic nitrogens is 4. The van der Waals surface area contributed by atoms with Gasteiger partial charge in [0.05, 0.1) is 12.4 Å². The summed E-state index contributed by atoms with van der Waals surface area (Å²) in [5.74, 6) is 0. The van der Waals surface area contributed by atoms with Crippen LogP contribution in [0.5, 0.6) is 0 Å². The maximum absolute atomic E-state index is 4.90. The monoisotopic (exact) mass is 188 g/mol. The zero-order valence-corrected chi connectivity index (χ0v) is 7.29. The molecule has 0 atom stereocenters. The summed E-state index contributed by atoms with van der Waals surface area (Å²) >= 11 is 0. The molecule has 3 aromatic heterocycles. The van der Waals surface area contributed by atoms with Crippen LogP contribution in [0.15, 0.2) is 47.7 Å². The van der Waals surface area contributed by atoms with Crippen LogP contribution in [0.25, 0.3) is 11.1 Å². The number of nitrogens with zero attached hydrogens (tertiary/aromatic N) is 3. The number of aromatic amines is 1. The standard InChI is InChI=1S/C5H3N3O.C4H5N/c1-4-5(2-8-7-1)9-3-6-4;1-2-4-5-3-1/h1-3H;1-5H. The van der Waals surface area contributed by atoms with Crippen LogP contribution in [0.3, 0.4) is 0 Å². The first kappa shape index (κ1) is 8.43. The van der Waals surface area contributed by atoms with Crippen molar-refractivity contribution in [3.8, 4) is 0 Å². The molecule has 0 aliphatic heterocycles. The molecule has 3 heterocycles. The first-order chi connectivity index (χ1) is 6.97. The van der Waals surface area contributed by atoms with Gasteiger partial charge in [-0.25, -0.2) is 4.98 Å². The molecule has 0 aliphatic carbocycles. The molecule has 70 valence electrons. The molecule has 0 fully saturated rings. The predicted molar refractivity (Wildman–Crippen MR) is 50.4 cm³/mol. The van der Waals surface area contributed by atoms with Crippen LogP contribution in [0, 0.1) is 0 Å². The van der Waals surface area contributed by atoms with E-state index in [1.165, 1.54) is 12.6 Å². The van der Waals surface area contributed by atoms with E-state index in [0.29, 0.717) is 5.58 Å². The van der Waals surface area contributed by atoms with Crippen molar-refractivity contribution in [3.05, 3.63) is 43.3 Å². The van der Waals surface area contributed by atoms with Gasteiger partial charge in [0.2, 0.25) is 0 Å². The van der Waals surface area contributed by atoms with Crippen molar-refractivity contribution in [2.75, 3.05) is 0 Å². The van der Waals surface area contributed by atoms with Gasteiger partial charge < -0.3 is 9.40 Å². The van der Waals surface area contributed by atoms with Gasteiger partial charge in [0.1, 0.15) is 5.52 Å². The van der Waals surface area contributed by atoms with Crippen molar-refractivity contribution in [1.29, 1.82) is 0 Å². The fourth-order valence-corrected chi connectivity index (χ4v) is 0.909. The Bertz CT molecular complexity index is 427. The molecular weight excluding hydrogens is 180 g/mol. The summed E-state index contributed by atoms with van der Waals surface area (Å²) in [4.78, 5) is 6.71.